The molecule has 0 spiro atoms. The molecule has 0 heterocycles. The van der Waals surface area contributed by atoms with E-state index in [-0.39, 0.29) is 33.0 Å². The van der Waals surface area contributed by atoms with Gasteiger partial charge >= 0.3 is 18.9 Å². The van der Waals surface area contributed by atoms with Gasteiger partial charge in [-0.15, -0.1) is 0 Å². The first-order chi connectivity index (χ1) is 14.0. The Morgan fingerprint density at radius 3 is 2.10 bits per heavy atom. The quantitative estimate of drug-likeness (QED) is 0.296. The third kappa shape index (κ3) is 7.24. The summed E-state index contributed by atoms with van der Waals surface area (Å²) in [6.45, 7) is 4.92. The fraction of sp³-hybridized carbons (Fsp3) is 0.435. The molecule has 0 aliphatic rings. The van der Waals surface area contributed by atoms with Gasteiger partial charge < -0.3 is 18.9 Å². The minimum atomic E-state index is -0.0459. The molecular weight excluding hydrogens is 394 g/mol. The Morgan fingerprint density at radius 1 is 0.900 bits per heavy atom. The van der Waals surface area contributed by atoms with Crippen molar-refractivity contribution in [1.29, 1.82) is 0 Å². The first-order valence-electron chi connectivity index (χ1n) is 9.88. The number of methoxy groups -OCH3 is 3. The Bertz CT molecular complexity index is 800. The molecular formula is C23H31LiO5P+. The summed E-state index contributed by atoms with van der Waals surface area (Å²) in [6, 6.07) is 9.30. The number of aryl methyl sites for hydroxylation is 1. The van der Waals surface area contributed by atoms with Crippen LogP contribution in [0.1, 0.15) is 48.5 Å². The number of hydrogen-bond acceptors (Lipinski definition) is 5. The number of carbonyl (C=O) groups excluding carboxylic acids is 1. The van der Waals surface area contributed by atoms with Gasteiger partial charge in [0.15, 0.2) is 5.52 Å². The van der Waals surface area contributed by atoms with Crippen molar-refractivity contribution in [3.8, 4) is 23.0 Å². The van der Waals surface area contributed by atoms with Crippen molar-refractivity contribution in [2.24, 2.45) is 0 Å². The summed E-state index contributed by atoms with van der Waals surface area (Å²) < 4.78 is 21.9. The van der Waals surface area contributed by atoms with Gasteiger partial charge in [0, 0.05) is 12.1 Å². The van der Waals surface area contributed by atoms with Crippen molar-refractivity contribution in [1.82, 2.24) is 0 Å². The van der Waals surface area contributed by atoms with Crippen molar-refractivity contribution in [2.45, 2.75) is 39.5 Å². The Hall–Kier alpha value is -1.66. The van der Waals surface area contributed by atoms with Crippen LogP contribution in [0.25, 0.3) is 0 Å². The van der Waals surface area contributed by atoms with Gasteiger partial charge in [0.25, 0.3) is 0 Å². The third-order valence-corrected chi connectivity index (χ3v) is 5.96. The van der Waals surface area contributed by atoms with E-state index in [1.165, 1.54) is 33.5 Å². The zero-order chi connectivity index (χ0) is 21.2. The van der Waals surface area contributed by atoms with Gasteiger partial charge in [-0.25, -0.2) is 0 Å². The zero-order valence-corrected chi connectivity index (χ0v) is 20.0. The molecule has 0 saturated carbocycles. The average Bonchev–Trinajstić information content (AvgIpc) is 2.74. The number of carbonyl (C=O) groups is 1. The van der Waals surface area contributed by atoms with Crippen LogP contribution >= 0.6 is 8.58 Å². The van der Waals surface area contributed by atoms with Crippen LogP contribution in [-0.4, -0.2) is 33.5 Å². The normalized spacial score (nSPS) is 10.6. The number of benzene rings is 2. The van der Waals surface area contributed by atoms with Gasteiger partial charge in [0.1, 0.15) is 28.6 Å². The van der Waals surface area contributed by atoms with Gasteiger partial charge in [-0.3, -0.25) is 4.79 Å². The predicted octanol–water partition coefficient (Wildman–Crippen LogP) is 2.13. The van der Waals surface area contributed by atoms with E-state index in [0.29, 0.717) is 22.8 Å². The molecule has 0 saturated heterocycles. The molecule has 0 bridgehead atoms. The molecule has 0 aromatic heterocycles. The van der Waals surface area contributed by atoms with Crippen molar-refractivity contribution >= 4 is 19.4 Å². The molecule has 0 radical (unpaired) electrons. The molecule has 5 nitrogen and oxygen atoms in total. The Labute approximate surface area is 193 Å². The minimum absolute atomic E-state index is 0. The van der Waals surface area contributed by atoms with Crippen LogP contribution in [0, 0.1) is 6.92 Å². The van der Waals surface area contributed by atoms with Crippen molar-refractivity contribution in [2.75, 3.05) is 27.9 Å². The number of hydrogen-bond donors (Lipinski definition) is 0. The van der Waals surface area contributed by atoms with E-state index in [1.807, 2.05) is 25.1 Å². The van der Waals surface area contributed by atoms with E-state index >= 15 is 0 Å². The molecule has 7 heteroatoms. The molecule has 0 amide bonds. The molecule has 2 rings (SSSR count). The average molecular weight is 425 g/mol. The maximum Gasteiger partial charge on any atom is 1.00 e. The van der Waals surface area contributed by atoms with Crippen LogP contribution in [0.2, 0.25) is 0 Å². The van der Waals surface area contributed by atoms with Crippen LogP contribution < -0.4 is 43.1 Å². The minimum Gasteiger partial charge on any atom is -0.496 e. The maximum atomic E-state index is 13.1. The van der Waals surface area contributed by atoms with Crippen LogP contribution in [0.5, 0.6) is 23.0 Å². The Balaban J connectivity index is 0.00000450. The topological polar surface area (TPSA) is 54.0 Å². The van der Waals surface area contributed by atoms with Gasteiger partial charge in [-0.05, 0) is 44.9 Å². The summed E-state index contributed by atoms with van der Waals surface area (Å²) in [6.07, 6.45) is 4.70. The number of unbranched alkanes of at least 4 members (excludes halogenated alkanes) is 3. The molecule has 0 N–H and O–H groups in total. The summed E-state index contributed by atoms with van der Waals surface area (Å²) in [5.41, 5.74) is 1.43. The van der Waals surface area contributed by atoms with E-state index in [1.54, 1.807) is 19.2 Å². The van der Waals surface area contributed by atoms with Crippen LogP contribution in [0.4, 0.5) is 0 Å². The SMILES string of the molecule is CCCCCCOc1ccc(PC(=O)c2c(OC)cc(OC)cc2OC)c(C)c1.[Li+]. The van der Waals surface area contributed by atoms with E-state index in [4.69, 9.17) is 18.9 Å². The first-order valence-corrected chi connectivity index (χ1v) is 10.9. The second-order valence-corrected chi connectivity index (χ2v) is 7.99. The zero-order valence-electron chi connectivity index (χ0n) is 19.0. The fourth-order valence-corrected chi connectivity index (χ4v) is 4.05. The number of ether oxygens (including phenoxy) is 4. The molecule has 158 valence electrons. The van der Waals surface area contributed by atoms with Gasteiger partial charge in [0.2, 0.25) is 0 Å². The molecule has 30 heavy (non-hydrogen) atoms. The van der Waals surface area contributed by atoms with Gasteiger partial charge in [0.05, 0.1) is 27.9 Å². The van der Waals surface area contributed by atoms with Crippen molar-refractivity contribution < 1.29 is 42.6 Å². The monoisotopic (exact) mass is 425 g/mol. The summed E-state index contributed by atoms with van der Waals surface area (Å²) in [5.74, 6) is 2.32. The third-order valence-electron chi connectivity index (χ3n) is 4.65. The van der Waals surface area contributed by atoms with Crippen molar-refractivity contribution in [3.05, 3.63) is 41.5 Å². The molecule has 0 aliphatic heterocycles. The summed E-state index contributed by atoms with van der Waals surface area (Å²) in [5, 5.41) is 0.980. The van der Waals surface area contributed by atoms with Gasteiger partial charge in [-0.2, -0.15) is 0 Å². The van der Waals surface area contributed by atoms with E-state index in [9.17, 15) is 4.79 Å². The fourth-order valence-electron chi connectivity index (χ4n) is 3.00. The summed E-state index contributed by atoms with van der Waals surface area (Å²) in [4.78, 5) is 13.1. The second-order valence-electron chi connectivity index (χ2n) is 6.75. The van der Waals surface area contributed by atoms with E-state index < -0.39 is 0 Å². The van der Waals surface area contributed by atoms with E-state index in [0.717, 1.165) is 29.6 Å². The van der Waals surface area contributed by atoms with E-state index in [2.05, 4.69) is 6.92 Å². The second kappa shape index (κ2) is 13.6. The largest absolute Gasteiger partial charge is 1.00 e. The molecule has 0 aliphatic carbocycles. The molecule has 2 aromatic carbocycles. The standard InChI is InChI=1S/C23H31O5P.Li/c1-6-7-8-9-12-28-17-10-11-21(16(2)13-17)29-23(24)22-19(26-4)14-18(25-3)15-20(22)27-5;/h10-11,13-15,29H,6-9,12H2,1-5H3;/q;+1. The van der Waals surface area contributed by atoms with Crippen molar-refractivity contribution in [3.63, 3.8) is 0 Å². The van der Waals surface area contributed by atoms with Crippen LogP contribution in [-0.2, 0) is 0 Å². The Morgan fingerprint density at radius 2 is 1.57 bits per heavy atom. The first kappa shape index (κ1) is 26.4. The molecule has 2 aromatic rings. The molecule has 1 atom stereocenters. The summed E-state index contributed by atoms with van der Waals surface area (Å²) >= 11 is 0. The Kier molecular flexibility index (Phi) is 12.0. The summed E-state index contributed by atoms with van der Waals surface area (Å²) in [7, 11) is 4.59. The maximum absolute atomic E-state index is 13.1. The predicted molar refractivity (Wildman–Crippen MR) is 119 cm³/mol. The van der Waals surface area contributed by atoms with Crippen LogP contribution in [0.3, 0.4) is 0 Å². The van der Waals surface area contributed by atoms with Crippen LogP contribution in [0.15, 0.2) is 30.3 Å². The number of rotatable bonds is 12. The van der Waals surface area contributed by atoms with Gasteiger partial charge in [-0.1, -0.05) is 32.3 Å². The molecule has 1 unspecified atom stereocenters. The molecule has 0 fully saturated rings. The smallest absolute Gasteiger partial charge is 0.496 e.